The van der Waals surface area contributed by atoms with Crippen LogP contribution in [0.2, 0.25) is 0 Å². The number of rotatable bonds is 4. The molecule has 1 atom stereocenters. The molecule has 0 spiro atoms. The fraction of sp³-hybridized carbons (Fsp3) is 0.333. The van der Waals surface area contributed by atoms with Crippen molar-refractivity contribution in [2.45, 2.75) is 19.9 Å². The van der Waals surface area contributed by atoms with Gasteiger partial charge in [0, 0.05) is 5.69 Å². The fourth-order valence-electron chi connectivity index (χ4n) is 1.82. The Balaban J connectivity index is 2.44. The number of hydrogen-bond acceptors (Lipinski definition) is 6. The van der Waals surface area contributed by atoms with E-state index >= 15 is 0 Å². The first-order chi connectivity index (χ1) is 9.43. The predicted octanol–water partition coefficient (Wildman–Crippen LogP) is 0.0149. The molecule has 20 heavy (non-hydrogen) atoms. The summed E-state index contributed by atoms with van der Waals surface area (Å²) in [5.74, 6) is -1.95. The van der Waals surface area contributed by atoms with Gasteiger partial charge in [-0.3, -0.25) is 4.79 Å². The number of aliphatic hydroxyl groups is 1. The first kappa shape index (κ1) is 13.9. The average Bonchev–Trinajstić information content (AvgIpc) is 2.75. The van der Waals surface area contributed by atoms with Gasteiger partial charge in [-0.2, -0.15) is 0 Å². The first-order valence-corrected chi connectivity index (χ1v) is 5.82. The van der Waals surface area contributed by atoms with Gasteiger partial charge in [-0.25, -0.2) is 9.78 Å². The zero-order chi connectivity index (χ0) is 14.9. The van der Waals surface area contributed by atoms with Gasteiger partial charge in [-0.05, 0) is 19.9 Å². The third-order valence-corrected chi connectivity index (χ3v) is 2.78. The highest BCUT2D eigenvalue weighted by Gasteiger charge is 2.23. The SMILES string of the molecule is Cc1cc(C(=O)N[C@@H](CO)C(=O)O)c2c(C)noc2n1. The van der Waals surface area contributed by atoms with Gasteiger partial charge >= 0.3 is 5.97 Å². The standard InChI is InChI=1S/C12H13N3O5/c1-5-3-7(9-6(2)15-20-11(9)13-5)10(17)14-8(4-16)12(18)19/h3,8,16H,4H2,1-2H3,(H,14,17)(H,18,19)/t8-/m0/s1. The molecule has 0 fully saturated rings. The number of carbonyl (C=O) groups is 2. The van der Waals surface area contributed by atoms with Crippen molar-refractivity contribution in [2.24, 2.45) is 0 Å². The molecule has 2 aromatic heterocycles. The van der Waals surface area contributed by atoms with Gasteiger partial charge in [0.05, 0.1) is 23.3 Å². The van der Waals surface area contributed by atoms with E-state index in [0.29, 0.717) is 16.8 Å². The largest absolute Gasteiger partial charge is 0.480 e. The van der Waals surface area contributed by atoms with Crippen molar-refractivity contribution in [3.05, 3.63) is 23.0 Å². The maximum atomic E-state index is 12.2. The molecule has 2 aromatic rings. The number of aromatic nitrogens is 2. The maximum absolute atomic E-state index is 12.2. The molecule has 2 heterocycles. The highest BCUT2D eigenvalue weighted by atomic mass is 16.5. The zero-order valence-corrected chi connectivity index (χ0v) is 10.9. The van der Waals surface area contributed by atoms with Crippen molar-refractivity contribution < 1.29 is 24.3 Å². The molecule has 8 nitrogen and oxygen atoms in total. The molecule has 0 aliphatic carbocycles. The number of carbonyl (C=O) groups excluding carboxylic acids is 1. The minimum Gasteiger partial charge on any atom is -0.480 e. The predicted molar refractivity (Wildman–Crippen MR) is 67.3 cm³/mol. The molecule has 0 radical (unpaired) electrons. The van der Waals surface area contributed by atoms with Crippen LogP contribution in [0.1, 0.15) is 21.7 Å². The lowest BCUT2D eigenvalue weighted by Gasteiger charge is -2.12. The Kier molecular flexibility index (Phi) is 3.66. The van der Waals surface area contributed by atoms with Crippen LogP contribution >= 0.6 is 0 Å². The minimum absolute atomic E-state index is 0.212. The number of nitrogens with one attached hydrogen (secondary N) is 1. The van der Waals surface area contributed by atoms with Gasteiger partial charge in [-0.15, -0.1) is 0 Å². The maximum Gasteiger partial charge on any atom is 0.328 e. The third-order valence-electron chi connectivity index (χ3n) is 2.78. The summed E-state index contributed by atoms with van der Waals surface area (Å²) < 4.78 is 4.99. The summed E-state index contributed by atoms with van der Waals surface area (Å²) in [4.78, 5) is 27.1. The molecular weight excluding hydrogens is 266 g/mol. The van der Waals surface area contributed by atoms with E-state index in [0.717, 1.165) is 0 Å². The normalized spacial score (nSPS) is 12.3. The summed E-state index contributed by atoms with van der Waals surface area (Å²) in [6, 6.07) is 0.143. The molecule has 0 saturated heterocycles. The average molecular weight is 279 g/mol. The quantitative estimate of drug-likeness (QED) is 0.720. The second-order valence-electron chi connectivity index (χ2n) is 4.31. The number of nitrogens with zero attached hydrogens (tertiary/aromatic N) is 2. The lowest BCUT2D eigenvalue weighted by Crippen LogP contribution is -2.43. The molecule has 1 amide bonds. The van der Waals surface area contributed by atoms with E-state index in [1.165, 1.54) is 6.07 Å². The van der Waals surface area contributed by atoms with E-state index in [1.807, 2.05) is 0 Å². The van der Waals surface area contributed by atoms with Crippen LogP contribution < -0.4 is 5.32 Å². The van der Waals surface area contributed by atoms with Crippen molar-refractivity contribution >= 4 is 23.0 Å². The number of pyridine rings is 1. The molecule has 2 rings (SSSR count). The number of amides is 1. The monoisotopic (exact) mass is 279 g/mol. The van der Waals surface area contributed by atoms with Gasteiger partial charge in [0.25, 0.3) is 11.6 Å². The number of aliphatic hydroxyl groups excluding tert-OH is 1. The van der Waals surface area contributed by atoms with Crippen LogP contribution in [-0.4, -0.2) is 44.9 Å². The molecule has 0 aromatic carbocycles. The summed E-state index contributed by atoms with van der Waals surface area (Å²) in [5.41, 5.74) is 1.44. The Hall–Kier alpha value is -2.48. The van der Waals surface area contributed by atoms with E-state index in [1.54, 1.807) is 13.8 Å². The van der Waals surface area contributed by atoms with Crippen LogP contribution in [0.4, 0.5) is 0 Å². The molecular formula is C12H13N3O5. The van der Waals surface area contributed by atoms with Crippen LogP contribution in [0.25, 0.3) is 11.1 Å². The molecule has 0 saturated carbocycles. The van der Waals surface area contributed by atoms with Gasteiger partial charge in [0.1, 0.15) is 0 Å². The van der Waals surface area contributed by atoms with Crippen LogP contribution in [-0.2, 0) is 4.79 Å². The third kappa shape index (κ3) is 2.45. The highest BCUT2D eigenvalue weighted by Crippen LogP contribution is 2.21. The Morgan fingerprint density at radius 3 is 2.75 bits per heavy atom. The second-order valence-corrected chi connectivity index (χ2v) is 4.31. The summed E-state index contributed by atoms with van der Waals surface area (Å²) in [7, 11) is 0. The van der Waals surface area contributed by atoms with Crippen molar-refractivity contribution in [2.75, 3.05) is 6.61 Å². The van der Waals surface area contributed by atoms with E-state index in [-0.39, 0.29) is 11.3 Å². The summed E-state index contributed by atoms with van der Waals surface area (Å²) in [6.45, 7) is 2.63. The Labute approximate surface area is 113 Å². The van der Waals surface area contributed by atoms with Crippen molar-refractivity contribution in [3.63, 3.8) is 0 Å². The van der Waals surface area contributed by atoms with E-state index in [4.69, 9.17) is 14.7 Å². The van der Waals surface area contributed by atoms with E-state index < -0.39 is 24.5 Å². The lowest BCUT2D eigenvalue weighted by molar-refractivity contribution is -0.140. The zero-order valence-electron chi connectivity index (χ0n) is 10.9. The number of aryl methyl sites for hydroxylation is 2. The number of hydrogen-bond donors (Lipinski definition) is 3. The van der Waals surface area contributed by atoms with Crippen molar-refractivity contribution in [3.8, 4) is 0 Å². The van der Waals surface area contributed by atoms with E-state index in [2.05, 4.69) is 15.5 Å². The topological polar surface area (TPSA) is 126 Å². The van der Waals surface area contributed by atoms with Crippen LogP contribution in [0.5, 0.6) is 0 Å². The van der Waals surface area contributed by atoms with Gasteiger partial charge in [0.2, 0.25) is 0 Å². The minimum atomic E-state index is -1.37. The van der Waals surface area contributed by atoms with Crippen LogP contribution in [0, 0.1) is 13.8 Å². The van der Waals surface area contributed by atoms with Crippen LogP contribution in [0.3, 0.4) is 0 Å². The molecule has 106 valence electrons. The molecule has 0 unspecified atom stereocenters. The molecule has 0 aliphatic rings. The summed E-state index contributed by atoms with van der Waals surface area (Å²) in [6.07, 6.45) is 0. The number of aliphatic carboxylic acids is 1. The number of fused-ring (bicyclic) bond motifs is 1. The van der Waals surface area contributed by atoms with E-state index in [9.17, 15) is 9.59 Å². The van der Waals surface area contributed by atoms with Gasteiger partial charge in [-0.1, -0.05) is 5.16 Å². The molecule has 8 heteroatoms. The summed E-state index contributed by atoms with van der Waals surface area (Å²) in [5, 5.41) is 24.2. The smallest absolute Gasteiger partial charge is 0.328 e. The van der Waals surface area contributed by atoms with Gasteiger partial charge < -0.3 is 20.1 Å². The lowest BCUT2D eigenvalue weighted by atomic mass is 10.1. The van der Waals surface area contributed by atoms with Crippen molar-refractivity contribution in [1.29, 1.82) is 0 Å². The first-order valence-electron chi connectivity index (χ1n) is 5.82. The molecule has 3 N–H and O–H groups in total. The highest BCUT2D eigenvalue weighted by molar-refractivity contribution is 6.07. The number of carboxylic acid groups (broad SMARTS) is 1. The van der Waals surface area contributed by atoms with Crippen molar-refractivity contribution in [1.82, 2.24) is 15.5 Å². The Morgan fingerprint density at radius 2 is 2.15 bits per heavy atom. The fourth-order valence-corrected chi connectivity index (χ4v) is 1.82. The Morgan fingerprint density at radius 1 is 1.45 bits per heavy atom. The second kappa shape index (κ2) is 5.25. The van der Waals surface area contributed by atoms with Crippen LogP contribution in [0.15, 0.2) is 10.6 Å². The number of carboxylic acids is 1. The summed E-state index contributed by atoms with van der Waals surface area (Å²) >= 11 is 0. The molecule has 0 bridgehead atoms. The van der Waals surface area contributed by atoms with Gasteiger partial charge in [0.15, 0.2) is 6.04 Å². The molecule has 0 aliphatic heterocycles. The Bertz CT molecular complexity index is 679.